The molecule has 0 radical (unpaired) electrons. The van der Waals surface area contributed by atoms with E-state index in [1.165, 1.54) is 20.3 Å². The summed E-state index contributed by atoms with van der Waals surface area (Å²) >= 11 is 0. The number of methoxy groups -OCH3 is 3. The van der Waals surface area contributed by atoms with Gasteiger partial charge in [-0.05, 0) is 24.3 Å². The Bertz CT molecular complexity index is 942. The first-order valence-electron chi connectivity index (χ1n) is 10.2. The van der Waals surface area contributed by atoms with Gasteiger partial charge in [-0.15, -0.1) is 0 Å². The van der Waals surface area contributed by atoms with Crippen LogP contribution in [0.15, 0.2) is 36.4 Å². The monoisotopic (exact) mass is 444 g/mol. The number of hydrogen-bond donors (Lipinski definition) is 1. The van der Waals surface area contributed by atoms with Gasteiger partial charge in [0.05, 0.1) is 57.0 Å². The summed E-state index contributed by atoms with van der Waals surface area (Å²) in [7, 11) is 4.05. The van der Waals surface area contributed by atoms with E-state index in [2.05, 4.69) is 10.2 Å². The van der Waals surface area contributed by atoms with E-state index in [1.54, 1.807) is 31.4 Å². The van der Waals surface area contributed by atoms with Crippen LogP contribution in [0.4, 0.5) is 11.4 Å². The molecule has 2 aromatic rings. The third-order valence-electron chi connectivity index (χ3n) is 5.08. The topological polar surface area (TPSA) is 95.6 Å². The summed E-state index contributed by atoms with van der Waals surface area (Å²) in [6.45, 7) is 4.67. The number of hydrogen-bond acceptors (Lipinski definition) is 9. The first-order chi connectivity index (χ1) is 15.6. The van der Waals surface area contributed by atoms with E-state index in [4.69, 9.17) is 23.7 Å². The van der Waals surface area contributed by atoms with Crippen LogP contribution in [0.1, 0.15) is 20.7 Å². The Hall–Kier alpha value is -3.30. The maximum absolute atomic E-state index is 12.4. The minimum Gasteiger partial charge on any atom is -0.494 e. The smallest absolute Gasteiger partial charge is 0.340 e. The fourth-order valence-electron chi connectivity index (χ4n) is 3.39. The molecule has 1 heterocycles. The molecule has 1 saturated heterocycles. The SMILES string of the molecule is COC(=O)c1cccc(Nc2ccc(OCCN3CCOCC3)cc2OC)c1C(=O)OC. The van der Waals surface area contributed by atoms with Crippen LogP contribution in [0.5, 0.6) is 11.5 Å². The van der Waals surface area contributed by atoms with Gasteiger partial charge in [0.15, 0.2) is 0 Å². The van der Waals surface area contributed by atoms with Gasteiger partial charge in [0, 0.05) is 25.7 Å². The molecule has 0 amide bonds. The van der Waals surface area contributed by atoms with Gasteiger partial charge < -0.3 is 29.0 Å². The summed E-state index contributed by atoms with van der Waals surface area (Å²) < 4.78 is 26.4. The summed E-state index contributed by atoms with van der Waals surface area (Å²) in [6, 6.07) is 10.2. The maximum atomic E-state index is 12.4. The summed E-state index contributed by atoms with van der Waals surface area (Å²) in [5, 5.41) is 3.15. The normalized spacial score (nSPS) is 13.8. The molecule has 0 atom stereocenters. The standard InChI is InChI=1S/C23H28N2O7/c1-28-20-15-16(32-14-11-25-9-12-31-13-10-25)7-8-18(20)24-19-6-4-5-17(22(26)29-2)21(19)23(27)30-3/h4-8,15,24H,9-14H2,1-3H3. The number of carbonyl (C=O) groups excluding carboxylic acids is 2. The van der Waals surface area contributed by atoms with Crippen molar-refractivity contribution in [3.8, 4) is 11.5 Å². The Labute approximate surface area is 187 Å². The van der Waals surface area contributed by atoms with Gasteiger partial charge in [0.25, 0.3) is 0 Å². The maximum Gasteiger partial charge on any atom is 0.340 e. The van der Waals surface area contributed by atoms with Crippen LogP contribution in [0.2, 0.25) is 0 Å². The van der Waals surface area contributed by atoms with Crippen LogP contribution in [0.25, 0.3) is 0 Å². The Morgan fingerprint density at radius 3 is 2.44 bits per heavy atom. The second kappa shape index (κ2) is 11.4. The van der Waals surface area contributed by atoms with Crippen molar-refractivity contribution in [2.45, 2.75) is 0 Å². The highest BCUT2D eigenvalue weighted by atomic mass is 16.5. The van der Waals surface area contributed by atoms with Crippen LogP contribution in [-0.2, 0) is 14.2 Å². The molecule has 1 aliphatic rings. The summed E-state index contributed by atoms with van der Waals surface area (Å²) in [6.07, 6.45) is 0. The van der Waals surface area contributed by atoms with Crippen molar-refractivity contribution in [3.63, 3.8) is 0 Å². The van der Waals surface area contributed by atoms with Crippen molar-refractivity contribution in [1.29, 1.82) is 0 Å². The lowest BCUT2D eigenvalue weighted by molar-refractivity contribution is 0.0322. The van der Waals surface area contributed by atoms with Gasteiger partial charge in [-0.1, -0.05) is 6.07 Å². The number of ether oxygens (including phenoxy) is 5. The average molecular weight is 444 g/mol. The molecule has 0 saturated carbocycles. The summed E-state index contributed by atoms with van der Waals surface area (Å²) in [5.74, 6) is -0.106. The Morgan fingerprint density at radius 1 is 1.00 bits per heavy atom. The molecule has 32 heavy (non-hydrogen) atoms. The highest BCUT2D eigenvalue weighted by Gasteiger charge is 2.23. The van der Waals surface area contributed by atoms with Crippen molar-refractivity contribution in [3.05, 3.63) is 47.5 Å². The van der Waals surface area contributed by atoms with Crippen molar-refractivity contribution in [1.82, 2.24) is 4.90 Å². The van der Waals surface area contributed by atoms with E-state index in [0.29, 0.717) is 29.5 Å². The summed E-state index contributed by atoms with van der Waals surface area (Å²) in [5.41, 5.74) is 1.17. The minimum absolute atomic E-state index is 0.0785. The fraction of sp³-hybridized carbons (Fsp3) is 0.391. The lowest BCUT2D eigenvalue weighted by atomic mass is 10.0. The van der Waals surface area contributed by atoms with Gasteiger partial charge in [0.1, 0.15) is 18.1 Å². The van der Waals surface area contributed by atoms with Crippen LogP contribution >= 0.6 is 0 Å². The molecule has 0 aliphatic carbocycles. The molecule has 0 aromatic heterocycles. The number of benzene rings is 2. The van der Waals surface area contributed by atoms with E-state index in [-0.39, 0.29) is 11.1 Å². The van der Waals surface area contributed by atoms with E-state index in [0.717, 1.165) is 32.8 Å². The fourth-order valence-corrected chi connectivity index (χ4v) is 3.39. The molecule has 3 rings (SSSR count). The molecular formula is C23H28N2O7. The Morgan fingerprint density at radius 2 is 1.75 bits per heavy atom. The molecule has 9 heteroatoms. The zero-order valence-corrected chi connectivity index (χ0v) is 18.5. The summed E-state index contributed by atoms with van der Waals surface area (Å²) in [4.78, 5) is 26.8. The number of carbonyl (C=O) groups is 2. The highest BCUT2D eigenvalue weighted by Crippen LogP contribution is 2.33. The van der Waals surface area contributed by atoms with Crippen molar-refractivity contribution < 1.29 is 33.3 Å². The zero-order valence-electron chi connectivity index (χ0n) is 18.5. The van der Waals surface area contributed by atoms with Gasteiger partial charge in [-0.3, -0.25) is 4.90 Å². The predicted molar refractivity (Wildman–Crippen MR) is 118 cm³/mol. The number of nitrogens with zero attached hydrogens (tertiary/aromatic N) is 1. The zero-order chi connectivity index (χ0) is 22.9. The number of rotatable bonds is 9. The van der Waals surface area contributed by atoms with Crippen LogP contribution in [0, 0.1) is 0 Å². The number of morpholine rings is 1. The van der Waals surface area contributed by atoms with Gasteiger partial charge >= 0.3 is 11.9 Å². The quantitative estimate of drug-likeness (QED) is 0.586. The van der Waals surface area contributed by atoms with E-state index >= 15 is 0 Å². The van der Waals surface area contributed by atoms with Gasteiger partial charge in [0.2, 0.25) is 0 Å². The lowest BCUT2D eigenvalue weighted by Gasteiger charge is -2.26. The Balaban J connectivity index is 1.77. The van der Waals surface area contributed by atoms with E-state index < -0.39 is 11.9 Å². The average Bonchev–Trinajstić information content (AvgIpc) is 2.84. The highest BCUT2D eigenvalue weighted by molar-refractivity contribution is 6.07. The van der Waals surface area contributed by atoms with Crippen molar-refractivity contribution in [2.75, 3.05) is 66.1 Å². The Kier molecular flexibility index (Phi) is 8.29. The second-order valence-corrected chi connectivity index (χ2v) is 7.00. The van der Waals surface area contributed by atoms with Gasteiger partial charge in [-0.25, -0.2) is 9.59 Å². The molecule has 0 bridgehead atoms. The van der Waals surface area contributed by atoms with E-state index in [9.17, 15) is 9.59 Å². The van der Waals surface area contributed by atoms with Crippen LogP contribution in [-0.4, -0.2) is 77.6 Å². The predicted octanol–water partition coefficient (Wildman–Crippen LogP) is 2.72. The number of nitrogens with one attached hydrogen (secondary N) is 1. The third-order valence-corrected chi connectivity index (χ3v) is 5.08. The van der Waals surface area contributed by atoms with Crippen LogP contribution in [0.3, 0.4) is 0 Å². The largest absolute Gasteiger partial charge is 0.494 e. The molecule has 1 fully saturated rings. The molecule has 1 aliphatic heterocycles. The molecule has 2 aromatic carbocycles. The first-order valence-corrected chi connectivity index (χ1v) is 10.2. The van der Waals surface area contributed by atoms with Crippen LogP contribution < -0.4 is 14.8 Å². The minimum atomic E-state index is -0.657. The number of anilines is 2. The van der Waals surface area contributed by atoms with E-state index in [1.807, 2.05) is 6.07 Å². The number of esters is 2. The molecule has 0 spiro atoms. The lowest BCUT2D eigenvalue weighted by Crippen LogP contribution is -2.38. The first kappa shape index (κ1) is 23.4. The molecule has 172 valence electrons. The molecule has 0 unspecified atom stereocenters. The molecular weight excluding hydrogens is 416 g/mol. The van der Waals surface area contributed by atoms with Crippen molar-refractivity contribution >= 4 is 23.3 Å². The van der Waals surface area contributed by atoms with Crippen molar-refractivity contribution in [2.24, 2.45) is 0 Å². The third kappa shape index (κ3) is 5.68. The second-order valence-electron chi connectivity index (χ2n) is 7.00. The van der Waals surface area contributed by atoms with Gasteiger partial charge in [-0.2, -0.15) is 0 Å². The molecule has 1 N–H and O–H groups in total. The molecule has 9 nitrogen and oxygen atoms in total.